The summed E-state index contributed by atoms with van der Waals surface area (Å²) < 4.78 is 0. The number of rotatable bonds is 3. The number of fused-ring (bicyclic) bond motifs is 1. The molecule has 2 saturated heterocycles. The van der Waals surface area contributed by atoms with Crippen LogP contribution < -0.4 is 5.32 Å². The minimum absolute atomic E-state index is 0.0723. The van der Waals surface area contributed by atoms with Crippen LogP contribution in [0.3, 0.4) is 0 Å². The van der Waals surface area contributed by atoms with Crippen molar-refractivity contribution in [3.8, 4) is 0 Å². The van der Waals surface area contributed by atoms with E-state index in [0.717, 1.165) is 6.42 Å². The monoisotopic (exact) mass is 262 g/mol. The van der Waals surface area contributed by atoms with Crippen LogP contribution in [0.4, 0.5) is 0 Å². The molecule has 19 heavy (non-hydrogen) atoms. The first-order chi connectivity index (χ1) is 8.86. The predicted molar refractivity (Wildman–Crippen MR) is 69.9 cm³/mol. The molecule has 2 rings (SSSR count). The van der Waals surface area contributed by atoms with Gasteiger partial charge in [0.1, 0.15) is 11.7 Å². The van der Waals surface area contributed by atoms with Gasteiger partial charge < -0.3 is 10.2 Å². The number of allylic oxidation sites excluding steroid dienone is 2. The van der Waals surface area contributed by atoms with Crippen LogP contribution in [-0.2, 0) is 14.4 Å². The van der Waals surface area contributed by atoms with Crippen molar-refractivity contribution in [3.05, 3.63) is 24.4 Å². The fourth-order valence-electron chi connectivity index (χ4n) is 2.22. The summed E-state index contributed by atoms with van der Waals surface area (Å²) in [5, 5.41) is 2.54. The van der Waals surface area contributed by atoms with E-state index >= 15 is 0 Å². The van der Waals surface area contributed by atoms with Crippen LogP contribution in [0.2, 0.25) is 0 Å². The SMILES string of the molecule is C=CC(C)(C)C(=O)/C=C1/NC(=O)C2CCCN2C1=O. The van der Waals surface area contributed by atoms with Crippen molar-refractivity contribution in [2.45, 2.75) is 32.7 Å². The average Bonchev–Trinajstić information content (AvgIpc) is 2.85. The van der Waals surface area contributed by atoms with Crippen LogP contribution in [0.15, 0.2) is 24.4 Å². The molecule has 2 fully saturated rings. The Hall–Kier alpha value is -1.91. The lowest BCUT2D eigenvalue weighted by Gasteiger charge is -2.30. The van der Waals surface area contributed by atoms with Crippen molar-refractivity contribution in [1.82, 2.24) is 10.2 Å². The van der Waals surface area contributed by atoms with Crippen molar-refractivity contribution in [1.29, 1.82) is 0 Å². The third-order valence-electron chi connectivity index (χ3n) is 3.73. The fraction of sp³-hybridized carbons (Fsp3) is 0.500. The molecule has 5 nitrogen and oxygen atoms in total. The van der Waals surface area contributed by atoms with Crippen LogP contribution >= 0.6 is 0 Å². The molecule has 0 bridgehead atoms. The molecule has 0 spiro atoms. The van der Waals surface area contributed by atoms with Gasteiger partial charge in [-0.2, -0.15) is 0 Å². The van der Waals surface area contributed by atoms with E-state index in [0.29, 0.717) is 13.0 Å². The number of nitrogens with one attached hydrogen (secondary N) is 1. The molecule has 1 unspecified atom stereocenters. The molecular weight excluding hydrogens is 244 g/mol. The van der Waals surface area contributed by atoms with Crippen LogP contribution in [0.25, 0.3) is 0 Å². The van der Waals surface area contributed by atoms with E-state index in [1.54, 1.807) is 18.7 Å². The van der Waals surface area contributed by atoms with Crippen molar-refractivity contribution < 1.29 is 14.4 Å². The zero-order valence-corrected chi connectivity index (χ0v) is 11.2. The molecule has 5 heteroatoms. The number of carbonyl (C=O) groups excluding carboxylic acids is 3. The summed E-state index contributed by atoms with van der Waals surface area (Å²) >= 11 is 0. The Labute approximate surface area is 112 Å². The number of hydrogen-bond acceptors (Lipinski definition) is 3. The van der Waals surface area contributed by atoms with E-state index in [1.807, 2.05) is 0 Å². The van der Waals surface area contributed by atoms with Gasteiger partial charge in [0.05, 0.1) is 0 Å². The molecule has 2 heterocycles. The quantitative estimate of drug-likeness (QED) is 0.603. The maximum Gasteiger partial charge on any atom is 0.271 e. The van der Waals surface area contributed by atoms with Gasteiger partial charge in [0.2, 0.25) is 5.91 Å². The molecular formula is C14H18N2O3. The third kappa shape index (κ3) is 2.32. The molecule has 102 valence electrons. The lowest BCUT2D eigenvalue weighted by atomic mass is 9.87. The fourth-order valence-corrected chi connectivity index (χ4v) is 2.22. The second-order valence-electron chi connectivity index (χ2n) is 5.49. The molecule has 1 N–H and O–H groups in total. The molecule has 1 atom stereocenters. The van der Waals surface area contributed by atoms with Gasteiger partial charge in [0.25, 0.3) is 5.91 Å². The maximum atomic E-state index is 12.2. The zero-order chi connectivity index (χ0) is 14.2. The van der Waals surface area contributed by atoms with Gasteiger partial charge in [-0.1, -0.05) is 6.08 Å². The Morgan fingerprint density at radius 2 is 2.16 bits per heavy atom. The second kappa shape index (κ2) is 4.64. The Balaban J connectivity index is 2.26. The molecule has 2 aliphatic rings. The first kappa shape index (κ1) is 13.5. The highest BCUT2D eigenvalue weighted by molar-refractivity contribution is 6.09. The van der Waals surface area contributed by atoms with Crippen LogP contribution in [-0.4, -0.2) is 35.1 Å². The molecule has 0 aliphatic carbocycles. The van der Waals surface area contributed by atoms with Crippen LogP contribution in [0, 0.1) is 5.41 Å². The van der Waals surface area contributed by atoms with Gasteiger partial charge in [-0.3, -0.25) is 14.4 Å². The van der Waals surface area contributed by atoms with E-state index in [1.165, 1.54) is 12.2 Å². The van der Waals surface area contributed by atoms with Gasteiger partial charge >= 0.3 is 0 Å². The number of carbonyl (C=O) groups is 3. The van der Waals surface area contributed by atoms with Crippen LogP contribution in [0.1, 0.15) is 26.7 Å². The molecule has 2 amide bonds. The molecule has 0 aromatic heterocycles. The predicted octanol–water partition coefficient (Wildman–Crippen LogP) is 0.772. The van der Waals surface area contributed by atoms with Crippen molar-refractivity contribution in [2.24, 2.45) is 5.41 Å². The van der Waals surface area contributed by atoms with E-state index < -0.39 is 5.41 Å². The minimum Gasteiger partial charge on any atom is -0.325 e. The van der Waals surface area contributed by atoms with Crippen molar-refractivity contribution >= 4 is 17.6 Å². The highest BCUT2D eigenvalue weighted by Gasteiger charge is 2.41. The largest absolute Gasteiger partial charge is 0.325 e. The van der Waals surface area contributed by atoms with E-state index in [4.69, 9.17) is 0 Å². The summed E-state index contributed by atoms with van der Waals surface area (Å²) in [5.74, 6) is -0.716. The Bertz CT molecular complexity index is 491. The van der Waals surface area contributed by atoms with Gasteiger partial charge in [-0.05, 0) is 26.7 Å². The Morgan fingerprint density at radius 1 is 1.47 bits per heavy atom. The highest BCUT2D eigenvalue weighted by atomic mass is 16.2. The average molecular weight is 262 g/mol. The summed E-state index contributed by atoms with van der Waals surface area (Å²) in [6.45, 7) is 7.61. The van der Waals surface area contributed by atoms with E-state index in [2.05, 4.69) is 11.9 Å². The zero-order valence-electron chi connectivity index (χ0n) is 11.2. The maximum absolute atomic E-state index is 12.2. The first-order valence-electron chi connectivity index (χ1n) is 6.38. The molecule has 0 saturated carbocycles. The number of ketones is 1. The van der Waals surface area contributed by atoms with E-state index in [-0.39, 0.29) is 29.3 Å². The van der Waals surface area contributed by atoms with Crippen molar-refractivity contribution in [2.75, 3.05) is 6.54 Å². The summed E-state index contributed by atoms with van der Waals surface area (Å²) in [6, 6.07) is -0.368. The van der Waals surface area contributed by atoms with Gasteiger partial charge in [0, 0.05) is 18.0 Å². The molecule has 0 aromatic rings. The first-order valence-corrected chi connectivity index (χ1v) is 6.38. The number of nitrogens with zero attached hydrogens (tertiary/aromatic N) is 1. The number of piperazine rings is 1. The lowest BCUT2D eigenvalue weighted by Crippen LogP contribution is -2.54. The standard InChI is InChI=1S/C14H18N2O3/c1-4-14(2,3)11(17)8-9-13(19)16-7-5-6-10(16)12(18)15-9/h4,8,10H,1,5-7H2,2-3H3,(H,15,18)/b9-8+. The summed E-state index contributed by atoms with van der Waals surface area (Å²) in [4.78, 5) is 37.6. The van der Waals surface area contributed by atoms with Gasteiger partial charge in [0.15, 0.2) is 5.78 Å². The second-order valence-corrected chi connectivity index (χ2v) is 5.49. The lowest BCUT2D eigenvalue weighted by molar-refractivity contribution is -0.140. The van der Waals surface area contributed by atoms with Gasteiger partial charge in [-0.25, -0.2) is 0 Å². The normalized spacial score (nSPS) is 25.3. The summed E-state index contributed by atoms with van der Waals surface area (Å²) in [6.07, 6.45) is 4.26. The highest BCUT2D eigenvalue weighted by Crippen LogP contribution is 2.25. The van der Waals surface area contributed by atoms with Gasteiger partial charge in [-0.15, -0.1) is 6.58 Å². The summed E-state index contributed by atoms with van der Waals surface area (Å²) in [5.41, 5.74) is -0.678. The third-order valence-corrected chi connectivity index (χ3v) is 3.73. The topological polar surface area (TPSA) is 66.5 Å². The minimum atomic E-state index is -0.750. The Kier molecular flexibility index (Phi) is 3.30. The molecule has 0 aromatic carbocycles. The van der Waals surface area contributed by atoms with Crippen LogP contribution in [0.5, 0.6) is 0 Å². The smallest absolute Gasteiger partial charge is 0.271 e. The van der Waals surface area contributed by atoms with Crippen molar-refractivity contribution in [3.63, 3.8) is 0 Å². The molecule has 0 radical (unpaired) electrons. The number of hydrogen-bond donors (Lipinski definition) is 1. The Morgan fingerprint density at radius 3 is 2.79 bits per heavy atom. The molecule has 2 aliphatic heterocycles. The number of amides is 2. The van der Waals surface area contributed by atoms with E-state index in [9.17, 15) is 14.4 Å². The summed E-state index contributed by atoms with van der Waals surface area (Å²) in [7, 11) is 0.